The van der Waals surface area contributed by atoms with E-state index in [0.29, 0.717) is 21.7 Å². The molecule has 0 atom stereocenters. The van der Waals surface area contributed by atoms with Crippen LogP contribution in [0.15, 0.2) is 41.7 Å². The van der Waals surface area contributed by atoms with Crippen LogP contribution in [0.5, 0.6) is 11.6 Å². The van der Waals surface area contributed by atoms with Crippen LogP contribution in [0.1, 0.15) is 6.92 Å². The van der Waals surface area contributed by atoms with Crippen LogP contribution in [-0.4, -0.2) is 15.9 Å². The van der Waals surface area contributed by atoms with Gasteiger partial charge in [0.25, 0.3) is 0 Å². The van der Waals surface area contributed by atoms with Crippen molar-refractivity contribution in [1.82, 2.24) is 20.2 Å². The number of hydrogen-bond donors (Lipinski definition) is 2. The van der Waals surface area contributed by atoms with Crippen LogP contribution >= 0.6 is 23.5 Å². The minimum absolute atomic E-state index is 0.191. The second-order valence-corrected chi connectivity index (χ2v) is 4.90. The summed E-state index contributed by atoms with van der Waals surface area (Å²) in [5.74, 6) is 0.831. The normalized spacial score (nSPS) is 10.1. The number of nitrogens with one attached hydrogen (secondary N) is 2. The summed E-state index contributed by atoms with van der Waals surface area (Å²) < 4.78 is 5.56. The van der Waals surface area contributed by atoms with Gasteiger partial charge in [-0.3, -0.25) is 10.2 Å². The van der Waals surface area contributed by atoms with E-state index in [1.165, 1.54) is 13.3 Å². The first-order valence-corrected chi connectivity index (χ1v) is 6.77. The molecule has 0 aliphatic heterocycles. The number of ether oxygens (including phenoxy) is 1. The minimum Gasteiger partial charge on any atom is -0.439 e. The van der Waals surface area contributed by atoms with E-state index in [-0.39, 0.29) is 5.91 Å². The lowest BCUT2D eigenvalue weighted by molar-refractivity contribution is -0.119. The van der Waals surface area contributed by atoms with Crippen molar-refractivity contribution in [2.24, 2.45) is 0 Å². The van der Waals surface area contributed by atoms with Crippen molar-refractivity contribution in [3.8, 4) is 11.6 Å². The van der Waals surface area contributed by atoms with Crippen LogP contribution in [0.2, 0.25) is 5.02 Å². The van der Waals surface area contributed by atoms with Crippen LogP contribution in [0.25, 0.3) is 0 Å². The summed E-state index contributed by atoms with van der Waals surface area (Å²) in [6.07, 6.45) is 1.38. The Morgan fingerprint density at radius 3 is 2.75 bits per heavy atom. The molecule has 8 heteroatoms. The van der Waals surface area contributed by atoms with E-state index >= 15 is 0 Å². The monoisotopic (exact) mass is 310 g/mol. The number of carbonyl (C=O) groups excluding carboxylic acids is 1. The van der Waals surface area contributed by atoms with Gasteiger partial charge in [0.05, 0.1) is 0 Å². The molecule has 0 unspecified atom stereocenters. The third-order valence-electron chi connectivity index (χ3n) is 2.04. The number of halogens is 1. The van der Waals surface area contributed by atoms with E-state index in [9.17, 15) is 4.79 Å². The van der Waals surface area contributed by atoms with Crippen molar-refractivity contribution in [2.75, 3.05) is 0 Å². The number of amides is 1. The predicted octanol–water partition coefficient (Wildman–Crippen LogP) is 2.57. The highest BCUT2D eigenvalue weighted by Crippen LogP contribution is 2.23. The summed E-state index contributed by atoms with van der Waals surface area (Å²) in [5, 5.41) is 1.24. The number of hydrazine groups is 1. The molecule has 1 aromatic heterocycles. The SMILES string of the molecule is CC(=O)NNSc1cc(Oc2ccc(Cl)cc2)ncn1. The van der Waals surface area contributed by atoms with Gasteiger partial charge in [0.2, 0.25) is 11.8 Å². The number of carbonyl (C=O) groups is 1. The van der Waals surface area contributed by atoms with Crippen molar-refractivity contribution in [1.29, 1.82) is 0 Å². The van der Waals surface area contributed by atoms with E-state index in [4.69, 9.17) is 16.3 Å². The number of hydrogen-bond acceptors (Lipinski definition) is 6. The second kappa shape index (κ2) is 7.09. The summed E-state index contributed by atoms with van der Waals surface area (Å²) in [6, 6.07) is 8.59. The number of benzene rings is 1. The van der Waals surface area contributed by atoms with E-state index in [2.05, 4.69) is 20.2 Å². The Balaban J connectivity index is 1.98. The van der Waals surface area contributed by atoms with Crippen molar-refractivity contribution >= 4 is 29.5 Å². The molecule has 0 spiro atoms. The lowest BCUT2D eigenvalue weighted by Gasteiger charge is -2.06. The lowest BCUT2D eigenvalue weighted by atomic mass is 10.3. The molecule has 0 aliphatic carbocycles. The van der Waals surface area contributed by atoms with Gasteiger partial charge >= 0.3 is 0 Å². The highest BCUT2D eigenvalue weighted by atomic mass is 35.5. The third-order valence-corrected chi connectivity index (χ3v) is 2.92. The van der Waals surface area contributed by atoms with Gasteiger partial charge in [-0.15, -0.1) is 0 Å². The molecular formula is C12H11ClN4O2S. The van der Waals surface area contributed by atoms with Crippen molar-refractivity contribution < 1.29 is 9.53 Å². The number of rotatable bonds is 5. The summed E-state index contributed by atoms with van der Waals surface area (Å²) >= 11 is 6.94. The first kappa shape index (κ1) is 14.6. The van der Waals surface area contributed by atoms with Gasteiger partial charge in [-0.1, -0.05) is 11.6 Å². The Hall–Kier alpha value is -1.83. The molecule has 2 N–H and O–H groups in total. The molecule has 1 heterocycles. The van der Waals surface area contributed by atoms with Gasteiger partial charge < -0.3 is 4.74 Å². The van der Waals surface area contributed by atoms with E-state index in [1.54, 1.807) is 30.3 Å². The van der Waals surface area contributed by atoms with Crippen molar-refractivity contribution in [2.45, 2.75) is 11.9 Å². The maximum Gasteiger partial charge on any atom is 0.231 e. The Morgan fingerprint density at radius 1 is 1.30 bits per heavy atom. The Kier molecular flexibility index (Phi) is 5.16. The topological polar surface area (TPSA) is 76.1 Å². The standard InChI is InChI=1S/C12H11ClN4O2S/c1-8(18)16-17-20-12-6-11(14-7-15-12)19-10-4-2-9(13)3-5-10/h2-7,17H,1H3,(H,16,18). The highest BCUT2D eigenvalue weighted by molar-refractivity contribution is 7.97. The van der Waals surface area contributed by atoms with Gasteiger partial charge in [-0.25, -0.2) is 9.97 Å². The zero-order valence-corrected chi connectivity index (χ0v) is 12.0. The minimum atomic E-state index is -0.191. The van der Waals surface area contributed by atoms with Crippen LogP contribution in [0, 0.1) is 0 Å². The summed E-state index contributed by atoms with van der Waals surface area (Å²) in [4.78, 5) is 21.4. The largest absolute Gasteiger partial charge is 0.439 e. The van der Waals surface area contributed by atoms with Gasteiger partial charge in [0.1, 0.15) is 17.1 Å². The maximum absolute atomic E-state index is 10.7. The first-order chi connectivity index (χ1) is 9.63. The lowest BCUT2D eigenvalue weighted by Crippen LogP contribution is -2.30. The highest BCUT2D eigenvalue weighted by Gasteiger charge is 2.03. The second-order valence-electron chi connectivity index (χ2n) is 3.64. The molecule has 0 saturated carbocycles. The molecule has 2 rings (SSSR count). The molecule has 0 aliphatic rings. The Labute approximate surface area is 125 Å². The average molecular weight is 311 g/mol. The van der Waals surface area contributed by atoms with Crippen LogP contribution in [0.4, 0.5) is 0 Å². The number of aromatic nitrogens is 2. The molecule has 6 nitrogen and oxygen atoms in total. The van der Waals surface area contributed by atoms with E-state index in [0.717, 1.165) is 11.9 Å². The Bertz CT molecular complexity index is 594. The Morgan fingerprint density at radius 2 is 2.05 bits per heavy atom. The molecule has 1 amide bonds. The van der Waals surface area contributed by atoms with Gasteiger partial charge in [0.15, 0.2) is 0 Å². The molecule has 2 aromatic rings. The summed E-state index contributed by atoms with van der Waals surface area (Å²) in [5.41, 5.74) is 2.43. The van der Waals surface area contributed by atoms with Gasteiger partial charge in [0, 0.05) is 18.0 Å². The number of nitrogens with zero attached hydrogens (tertiary/aromatic N) is 2. The fourth-order valence-corrected chi connectivity index (χ4v) is 1.89. The fraction of sp³-hybridized carbons (Fsp3) is 0.0833. The average Bonchev–Trinajstić information content (AvgIpc) is 2.41. The van der Waals surface area contributed by atoms with E-state index < -0.39 is 0 Å². The smallest absolute Gasteiger partial charge is 0.231 e. The van der Waals surface area contributed by atoms with Crippen molar-refractivity contribution in [3.63, 3.8) is 0 Å². The van der Waals surface area contributed by atoms with E-state index in [1.807, 2.05) is 0 Å². The summed E-state index contributed by atoms with van der Waals surface area (Å²) in [7, 11) is 0. The quantitative estimate of drug-likeness (QED) is 0.502. The summed E-state index contributed by atoms with van der Waals surface area (Å²) in [6.45, 7) is 1.41. The first-order valence-electron chi connectivity index (χ1n) is 5.57. The molecule has 1 aromatic carbocycles. The molecule has 104 valence electrons. The predicted molar refractivity (Wildman–Crippen MR) is 76.4 cm³/mol. The van der Waals surface area contributed by atoms with Crippen LogP contribution in [0.3, 0.4) is 0 Å². The molecular weight excluding hydrogens is 300 g/mol. The maximum atomic E-state index is 10.7. The van der Waals surface area contributed by atoms with Gasteiger partial charge in [-0.2, -0.15) is 4.83 Å². The molecule has 0 bridgehead atoms. The van der Waals surface area contributed by atoms with Gasteiger partial charge in [-0.05, 0) is 36.2 Å². The molecule has 0 saturated heterocycles. The fourth-order valence-electron chi connectivity index (χ4n) is 1.21. The van der Waals surface area contributed by atoms with Crippen LogP contribution < -0.4 is 15.0 Å². The zero-order chi connectivity index (χ0) is 14.4. The molecule has 20 heavy (non-hydrogen) atoms. The molecule has 0 fully saturated rings. The zero-order valence-electron chi connectivity index (χ0n) is 10.5. The third kappa shape index (κ3) is 4.69. The molecule has 0 radical (unpaired) electrons. The van der Waals surface area contributed by atoms with Crippen LogP contribution in [-0.2, 0) is 4.79 Å². The van der Waals surface area contributed by atoms with Crippen molar-refractivity contribution in [3.05, 3.63) is 41.7 Å².